The van der Waals surface area contributed by atoms with Gasteiger partial charge in [-0.2, -0.15) is 0 Å². The first kappa shape index (κ1) is 11.5. The summed E-state index contributed by atoms with van der Waals surface area (Å²) in [6.07, 6.45) is 1.23. The summed E-state index contributed by atoms with van der Waals surface area (Å²) in [5.74, 6) is 0.495. The molecule has 1 saturated heterocycles. The maximum absolute atomic E-state index is 11.0. The molecule has 4 nitrogen and oxygen atoms in total. The maximum Gasteiger partial charge on any atom is 0.407 e. The van der Waals surface area contributed by atoms with Crippen LogP contribution in [0.15, 0.2) is 30.3 Å². The van der Waals surface area contributed by atoms with Crippen LogP contribution in [0.1, 0.15) is 18.4 Å². The first-order chi connectivity index (χ1) is 8.74. The van der Waals surface area contributed by atoms with Gasteiger partial charge in [-0.25, -0.2) is 4.79 Å². The number of hydrogen-bond donors (Lipinski definition) is 2. The van der Waals surface area contributed by atoms with Crippen molar-refractivity contribution in [2.75, 3.05) is 6.54 Å². The number of piperidine rings is 1. The SMILES string of the molecule is O=C(O)N1CC2CC1CC2NCc1ccccc1. The molecule has 1 aliphatic carbocycles. The van der Waals surface area contributed by atoms with E-state index in [1.54, 1.807) is 4.90 Å². The molecule has 1 aromatic rings. The molecular formula is C14H18N2O2. The van der Waals surface area contributed by atoms with Gasteiger partial charge in [0.1, 0.15) is 0 Å². The predicted octanol–water partition coefficient (Wildman–Crippen LogP) is 1.92. The number of hydrogen-bond acceptors (Lipinski definition) is 2. The molecule has 18 heavy (non-hydrogen) atoms. The molecule has 0 spiro atoms. The summed E-state index contributed by atoms with van der Waals surface area (Å²) in [6, 6.07) is 11.1. The first-order valence-corrected chi connectivity index (χ1v) is 6.51. The zero-order chi connectivity index (χ0) is 12.5. The van der Waals surface area contributed by atoms with Crippen molar-refractivity contribution in [1.82, 2.24) is 10.2 Å². The fraction of sp³-hybridized carbons (Fsp3) is 0.500. The second-order valence-corrected chi connectivity index (χ2v) is 5.29. The molecule has 1 saturated carbocycles. The molecule has 1 aliphatic heterocycles. The lowest BCUT2D eigenvalue weighted by atomic mass is 10.0. The Hall–Kier alpha value is -1.55. The first-order valence-electron chi connectivity index (χ1n) is 6.51. The quantitative estimate of drug-likeness (QED) is 0.856. The van der Waals surface area contributed by atoms with E-state index >= 15 is 0 Å². The van der Waals surface area contributed by atoms with Crippen molar-refractivity contribution in [3.8, 4) is 0 Å². The predicted molar refractivity (Wildman–Crippen MR) is 68.3 cm³/mol. The minimum absolute atomic E-state index is 0.237. The Morgan fingerprint density at radius 1 is 1.33 bits per heavy atom. The standard InChI is InChI=1S/C14H18N2O2/c17-14(18)16-9-11-6-12(16)7-13(11)15-8-10-4-2-1-3-5-10/h1-5,11-13,15H,6-9H2,(H,17,18). The van der Waals surface area contributed by atoms with Gasteiger partial charge in [0.15, 0.2) is 0 Å². The molecule has 4 heteroatoms. The molecule has 1 amide bonds. The molecular weight excluding hydrogens is 228 g/mol. The number of rotatable bonds is 3. The van der Waals surface area contributed by atoms with E-state index in [9.17, 15) is 4.79 Å². The van der Waals surface area contributed by atoms with E-state index in [1.807, 2.05) is 18.2 Å². The lowest BCUT2D eigenvalue weighted by Crippen LogP contribution is -2.45. The monoisotopic (exact) mass is 246 g/mol. The van der Waals surface area contributed by atoms with Gasteiger partial charge < -0.3 is 15.3 Å². The highest BCUT2D eigenvalue weighted by atomic mass is 16.4. The van der Waals surface area contributed by atoms with Crippen molar-refractivity contribution in [3.05, 3.63) is 35.9 Å². The van der Waals surface area contributed by atoms with Crippen molar-refractivity contribution in [3.63, 3.8) is 0 Å². The lowest BCUT2D eigenvalue weighted by Gasteiger charge is -2.30. The molecule has 1 aromatic carbocycles. The van der Waals surface area contributed by atoms with Crippen LogP contribution >= 0.6 is 0 Å². The highest BCUT2D eigenvalue weighted by Gasteiger charge is 2.46. The van der Waals surface area contributed by atoms with Gasteiger partial charge in [-0.15, -0.1) is 0 Å². The van der Waals surface area contributed by atoms with E-state index in [2.05, 4.69) is 17.4 Å². The van der Waals surface area contributed by atoms with Gasteiger partial charge in [-0.1, -0.05) is 30.3 Å². The minimum atomic E-state index is -0.760. The summed E-state index contributed by atoms with van der Waals surface area (Å²) in [5.41, 5.74) is 1.29. The van der Waals surface area contributed by atoms with Crippen LogP contribution in [-0.4, -0.2) is 34.7 Å². The third kappa shape index (κ3) is 2.08. The van der Waals surface area contributed by atoms with E-state index in [-0.39, 0.29) is 6.04 Å². The summed E-state index contributed by atoms with van der Waals surface area (Å²) >= 11 is 0. The van der Waals surface area contributed by atoms with E-state index in [0.717, 1.165) is 19.4 Å². The number of benzene rings is 1. The van der Waals surface area contributed by atoms with Gasteiger partial charge in [-0.3, -0.25) is 0 Å². The van der Waals surface area contributed by atoms with Crippen LogP contribution in [0.25, 0.3) is 0 Å². The zero-order valence-electron chi connectivity index (χ0n) is 10.2. The molecule has 1 heterocycles. The highest BCUT2D eigenvalue weighted by molar-refractivity contribution is 5.66. The van der Waals surface area contributed by atoms with Crippen LogP contribution in [0.2, 0.25) is 0 Å². The summed E-state index contributed by atoms with van der Waals surface area (Å²) in [4.78, 5) is 12.6. The van der Waals surface area contributed by atoms with Gasteiger partial charge in [0.2, 0.25) is 0 Å². The number of fused-ring (bicyclic) bond motifs is 2. The normalized spacial score (nSPS) is 29.8. The third-order valence-electron chi connectivity index (χ3n) is 4.20. The maximum atomic E-state index is 11.0. The highest BCUT2D eigenvalue weighted by Crippen LogP contribution is 2.37. The van der Waals surface area contributed by atoms with Crippen LogP contribution in [0, 0.1) is 5.92 Å². The van der Waals surface area contributed by atoms with Gasteiger partial charge in [0.05, 0.1) is 0 Å². The Morgan fingerprint density at radius 3 is 2.72 bits per heavy atom. The van der Waals surface area contributed by atoms with E-state index in [0.29, 0.717) is 18.5 Å². The smallest absolute Gasteiger partial charge is 0.407 e. The summed E-state index contributed by atoms with van der Waals surface area (Å²) in [5, 5.41) is 12.6. The van der Waals surface area contributed by atoms with Crippen molar-refractivity contribution in [2.24, 2.45) is 5.92 Å². The van der Waals surface area contributed by atoms with Crippen LogP contribution in [0.3, 0.4) is 0 Å². The van der Waals surface area contributed by atoms with E-state index in [4.69, 9.17) is 5.11 Å². The Labute approximate surface area is 107 Å². The number of nitrogens with one attached hydrogen (secondary N) is 1. The van der Waals surface area contributed by atoms with Crippen molar-refractivity contribution in [2.45, 2.75) is 31.5 Å². The van der Waals surface area contributed by atoms with Crippen LogP contribution in [0.5, 0.6) is 0 Å². The zero-order valence-corrected chi connectivity index (χ0v) is 10.2. The van der Waals surface area contributed by atoms with E-state index < -0.39 is 6.09 Å². The van der Waals surface area contributed by atoms with Crippen molar-refractivity contribution >= 4 is 6.09 Å². The Kier molecular flexibility index (Phi) is 2.96. The molecule has 96 valence electrons. The number of carbonyl (C=O) groups is 1. The Balaban J connectivity index is 1.54. The molecule has 2 N–H and O–H groups in total. The topological polar surface area (TPSA) is 52.6 Å². The second kappa shape index (κ2) is 4.61. The molecule has 0 radical (unpaired) electrons. The molecule has 0 aromatic heterocycles. The number of likely N-dealkylation sites (tertiary alicyclic amines) is 1. The fourth-order valence-electron chi connectivity index (χ4n) is 3.28. The van der Waals surface area contributed by atoms with Crippen LogP contribution in [0.4, 0.5) is 4.79 Å². The third-order valence-corrected chi connectivity index (χ3v) is 4.20. The van der Waals surface area contributed by atoms with Crippen LogP contribution < -0.4 is 5.32 Å². The Bertz CT molecular complexity index is 435. The van der Waals surface area contributed by atoms with Gasteiger partial charge in [0, 0.05) is 25.2 Å². The van der Waals surface area contributed by atoms with Gasteiger partial charge >= 0.3 is 6.09 Å². The number of carboxylic acid groups (broad SMARTS) is 1. The molecule has 3 atom stereocenters. The van der Waals surface area contributed by atoms with E-state index in [1.165, 1.54) is 5.56 Å². The number of nitrogens with zero attached hydrogens (tertiary/aromatic N) is 1. The minimum Gasteiger partial charge on any atom is -0.465 e. The number of amides is 1. The van der Waals surface area contributed by atoms with Crippen LogP contribution in [-0.2, 0) is 6.54 Å². The fourth-order valence-corrected chi connectivity index (χ4v) is 3.28. The summed E-state index contributed by atoms with van der Waals surface area (Å²) in [7, 11) is 0. The average Bonchev–Trinajstić information content (AvgIpc) is 2.97. The molecule has 2 fully saturated rings. The van der Waals surface area contributed by atoms with Crippen molar-refractivity contribution < 1.29 is 9.90 Å². The van der Waals surface area contributed by atoms with Crippen molar-refractivity contribution in [1.29, 1.82) is 0 Å². The lowest BCUT2D eigenvalue weighted by molar-refractivity contribution is 0.124. The van der Waals surface area contributed by atoms with Gasteiger partial charge in [0.25, 0.3) is 0 Å². The Morgan fingerprint density at radius 2 is 2.11 bits per heavy atom. The molecule has 2 aliphatic rings. The summed E-state index contributed by atoms with van der Waals surface area (Å²) in [6.45, 7) is 1.58. The molecule has 3 unspecified atom stereocenters. The average molecular weight is 246 g/mol. The summed E-state index contributed by atoms with van der Waals surface area (Å²) < 4.78 is 0. The largest absolute Gasteiger partial charge is 0.465 e. The second-order valence-electron chi connectivity index (χ2n) is 5.29. The van der Waals surface area contributed by atoms with Gasteiger partial charge in [-0.05, 0) is 24.3 Å². The molecule has 2 bridgehead atoms. The molecule has 3 rings (SSSR count).